The van der Waals surface area contributed by atoms with Gasteiger partial charge >= 0.3 is 0 Å². The van der Waals surface area contributed by atoms with Crippen molar-refractivity contribution >= 4 is 0 Å². The van der Waals surface area contributed by atoms with Crippen LogP contribution in [0, 0.1) is 0 Å². The van der Waals surface area contributed by atoms with E-state index in [1.165, 1.54) is 22.3 Å². The number of ether oxygens (including phenoxy) is 3. The molecule has 0 radical (unpaired) electrons. The maximum atomic E-state index is 11.6. The van der Waals surface area contributed by atoms with Gasteiger partial charge in [-0.25, -0.2) is 0 Å². The average molecular weight is 623 g/mol. The van der Waals surface area contributed by atoms with E-state index in [1.807, 2.05) is 0 Å². The lowest BCUT2D eigenvalue weighted by atomic mass is 9.87. The minimum absolute atomic E-state index is 0.0239. The van der Waals surface area contributed by atoms with Gasteiger partial charge in [-0.3, -0.25) is 0 Å². The third-order valence-corrected chi connectivity index (χ3v) is 9.03. The summed E-state index contributed by atoms with van der Waals surface area (Å²) in [7, 11) is 0. The highest BCUT2D eigenvalue weighted by atomic mass is 16.7. The van der Waals surface area contributed by atoms with Gasteiger partial charge in [-0.2, -0.15) is 0 Å². The van der Waals surface area contributed by atoms with E-state index < -0.39 is 49.0 Å². The predicted octanol–water partition coefficient (Wildman–Crippen LogP) is 5.81. The topological polar surface area (TPSA) is 132 Å². The summed E-state index contributed by atoms with van der Waals surface area (Å²) in [6.07, 6.45) is 9.35. The van der Waals surface area contributed by atoms with Crippen LogP contribution in [0.1, 0.15) is 120 Å². The zero-order valence-corrected chi connectivity index (χ0v) is 28.6. The molecule has 0 amide bonds. The van der Waals surface area contributed by atoms with Gasteiger partial charge in [0.15, 0.2) is 6.29 Å². The Kier molecular flexibility index (Phi) is 16.0. The van der Waals surface area contributed by atoms with E-state index in [0.29, 0.717) is 25.7 Å². The molecule has 0 aromatic heterocycles. The lowest BCUT2D eigenvalue weighted by Crippen LogP contribution is -2.60. The molecule has 2 aliphatic rings. The molecule has 5 N–H and O–H groups in total. The van der Waals surface area contributed by atoms with E-state index in [1.54, 1.807) is 6.92 Å². The van der Waals surface area contributed by atoms with Gasteiger partial charge in [0.2, 0.25) is 0 Å². The van der Waals surface area contributed by atoms with Crippen molar-refractivity contribution in [3.05, 3.63) is 46.6 Å². The van der Waals surface area contributed by atoms with Gasteiger partial charge in [-0.15, -0.1) is 0 Å². The second-order valence-electron chi connectivity index (χ2n) is 14.0. The number of epoxide rings is 1. The zero-order chi connectivity index (χ0) is 33.1. The second-order valence-corrected chi connectivity index (χ2v) is 14.0. The Hall–Kier alpha value is -1.36. The van der Waals surface area contributed by atoms with Crippen molar-refractivity contribution in [2.24, 2.45) is 0 Å². The molecule has 0 unspecified atom stereocenters. The fourth-order valence-corrected chi connectivity index (χ4v) is 5.80. The van der Waals surface area contributed by atoms with Crippen molar-refractivity contribution in [1.82, 2.24) is 0 Å². The molecule has 2 fully saturated rings. The molecule has 2 rings (SSSR count). The van der Waals surface area contributed by atoms with Crippen LogP contribution in [-0.4, -0.2) is 86.3 Å². The molecular weight excluding hydrogens is 560 g/mol. The normalized spacial score (nSPS) is 31.3. The fraction of sp³-hybridized carbons (Fsp3) is 0.778. The molecule has 2 saturated heterocycles. The van der Waals surface area contributed by atoms with Gasteiger partial charge in [0.25, 0.3) is 0 Å². The van der Waals surface area contributed by atoms with E-state index in [9.17, 15) is 25.5 Å². The number of aliphatic hydroxyl groups excluding tert-OH is 4. The summed E-state index contributed by atoms with van der Waals surface area (Å²) in [6.45, 7) is 16.0. The Morgan fingerprint density at radius 2 is 1.41 bits per heavy atom. The van der Waals surface area contributed by atoms with Crippen molar-refractivity contribution in [2.75, 3.05) is 6.61 Å². The molecule has 8 heteroatoms. The molecule has 9 atom stereocenters. The standard InChI is InChI=1S/C36H62O8/c1-24(2)13-9-15-26(5)17-11-21-35(7,41)29(43-34-33(40)32(39)31(38)28(23-37)42-34)19-20-30-36(8,44-30)22-12-18-27(6)16-10-14-25(3)4/h13-14,17-18,28-34,37-41H,9-12,15-16,19-23H2,1-8H3/b26-17+,27-18+/t28-,29+,30-,31-,32+,33+,34+,35-,36-/m1/s1. The Bertz CT molecular complexity index is 988. The molecule has 0 aliphatic carbocycles. The van der Waals surface area contributed by atoms with Gasteiger partial charge in [-0.1, -0.05) is 46.6 Å². The van der Waals surface area contributed by atoms with Crippen LogP contribution in [0.3, 0.4) is 0 Å². The number of allylic oxidation sites excluding steroid dienone is 8. The van der Waals surface area contributed by atoms with Crippen molar-refractivity contribution in [2.45, 2.75) is 174 Å². The molecule has 0 bridgehead atoms. The van der Waals surface area contributed by atoms with Gasteiger partial charge < -0.3 is 39.7 Å². The van der Waals surface area contributed by atoms with Crippen LogP contribution in [-0.2, 0) is 14.2 Å². The van der Waals surface area contributed by atoms with Gasteiger partial charge in [-0.05, 0) is 120 Å². The first-order valence-electron chi connectivity index (χ1n) is 16.5. The molecule has 2 heterocycles. The molecule has 2 aliphatic heterocycles. The predicted molar refractivity (Wildman–Crippen MR) is 175 cm³/mol. The zero-order valence-electron chi connectivity index (χ0n) is 28.6. The van der Waals surface area contributed by atoms with E-state index in [4.69, 9.17) is 14.2 Å². The van der Waals surface area contributed by atoms with Gasteiger partial charge in [0, 0.05) is 0 Å². The van der Waals surface area contributed by atoms with Crippen molar-refractivity contribution in [3.8, 4) is 0 Å². The van der Waals surface area contributed by atoms with Gasteiger partial charge in [0.1, 0.15) is 24.4 Å². The summed E-state index contributed by atoms with van der Waals surface area (Å²) in [4.78, 5) is 0. The highest BCUT2D eigenvalue weighted by molar-refractivity contribution is 5.06. The van der Waals surface area contributed by atoms with Gasteiger partial charge in [0.05, 0.1) is 30.0 Å². The van der Waals surface area contributed by atoms with Crippen LogP contribution in [0.5, 0.6) is 0 Å². The van der Waals surface area contributed by atoms with Crippen molar-refractivity contribution in [3.63, 3.8) is 0 Å². The van der Waals surface area contributed by atoms with Crippen LogP contribution in [0.15, 0.2) is 46.6 Å². The SMILES string of the molecule is CC(C)=CCC/C(C)=C/CC[C@@]1(C)O[C@@H]1CC[C@H](O[C@@H]1O[C@H](CO)[C@@H](O)[C@H](O)[C@@H]1O)[C@](C)(O)CC/C=C(\C)CCC=C(C)C. The summed E-state index contributed by atoms with van der Waals surface area (Å²) >= 11 is 0. The maximum absolute atomic E-state index is 11.6. The summed E-state index contributed by atoms with van der Waals surface area (Å²) < 4.78 is 17.9. The number of aliphatic hydroxyl groups is 5. The summed E-state index contributed by atoms with van der Waals surface area (Å²) in [6, 6.07) is 0. The Morgan fingerprint density at radius 3 is 1.95 bits per heavy atom. The summed E-state index contributed by atoms with van der Waals surface area (Å²) in [5.41, 5.74) is 3.77. The largest absolute Gasteiger partial charge is 0.394 e. The highest BCUT2D eigenvalue weighted by Crippen LogP contribution is 2.44. The van der Waals surface area contributed by atoms with Crippen molar-refractivity contribution in [1.29, 1.82) is 0 Å². The number of rotatable bonds is 19. The molecular formula is C36H62O8. The fourth-order valence-electron chi connectivity index (χ4n) is 5.80. The lowest BCUT2D eigenvalue weighted by Gasteiger charge is -2.43. The molecule has 8 nitrogen and oxygen atoms in total. The monoisotopic (exact) mass is 622 g/mol. The first-order chi connectivity index (χ1) is 20.6. The van der Waals surface area contributed by atoms with Crippen LogP contribution in [0.2, 0.25) is 0 Å². The Labute approximate surface area is 266 Å². The van der Waals surface area contributed by atoms with E-state index >= 15 is 0 Å². The molecule has 44 heavy (non-hydrogen) atoms. The number of hydrogen-bond donors (Lipinski definition) is 5. The molecule has 0 aromatic rings. The molecule has 0 aromatic carbocycles. The molecule has 0 saturated carbocycles. The van der Waals surface area contributed by atoms with Crippen LogP contribution >= 0.6 is 0 Å². The minimum atomic E-state index is -1.54. The quantitative estimate of drug-likeness (QED) is 0.0902. The maximum Gasteiger partial charge on any atom is 0.187 e. The van der Waals surface area contributed by atoms with Crippen LogP contribution in [0.4, 0.5) is 0 Å². The third kappa shape index (κ3) is 12.8. The average Bonchev–Trinajstić information content (AvgIpc) is 3.59. The van der Waals surface area contributed by atoms with E-state index in [-0.39, 0.29) is 11.7 Å². The summed E-state index contributed by atoms with van der Waals surface area (Å²) in [5.74, 6) is 0. The molecule has 0 spiro atoms. The van der Waals surface area contributed by atoms with Crippen LogP contribution in [0.25, 0.3) is 0 Å². The first-order valence-corrected chi connectivity index (χ1v) is 16.5. The van der Waals surface area contributed by atoms with Crippen molar-refractivity contribution < 1.29 is 39.7 Å². The van der Waals surface area contributed by atoms with E-state index in [2.05, 4.69) is 72.8 Å². The van der Waals surface area contributed by atoms with Crippen LogP contribution < -0.4 is 0 Å². The van der Waals surface area contributed by atoms with E-state index in [0.717, 1.165) is 38.5 Å². The first kappa shape index (κ1) is 38.8. The third-order valence-electron chi connectivity index (χ3n) is 9.03. The highest BCUT2D eigenvalue weighted by Gasteiger charge is 2.52. The number of hydrogen-bond acceptors (Lipinski definition) is 8. The minimum Gasteiger partial charge on any atom is -0.394 e. The lowest BCUT2D eigenvalue weighted by molar-refractivity contribution is -0.323. The Balaban J connectivity index is 2.04. The summed E-state index contributed by atoms with van der Waals surface area (Å²) in [5, 5.41) is 52.4. The Morgan fingerprint density at radius 1 is 0.841 bits per heavy atom. The molecule has 254 valence electrons. The smallest absolute Gasteiger partial charge is 0.187 e. The second kappa shape index (κ2) is 18.1.